The van der Waals surface area contributed by atoms with Crippen molar-refractivity contribution in [3.8, 4) is 0 Å². The van der Waals surface area contributed by atoms with E-state index in [9.17, 15) is 4.79 Å². The van der Waals surface area contributed by atoms with Crippen molar-refractivity contribution in [2.45, 2.75) is 26.4 Å². The Morgan fingerprint density at radius 2 is 2.27 bits per heavy atom. The van der Waals surface area contributed by atoms with E-state index in [1.165, 1.54) is 0 Å². The third-order valence-electron chi connectivity index (χ3n) is 1.86. The number of ketones is 1. The Morgan fingerprint density at radius 3 is 2.64 bits per heavy atom. The van der Waals surface area contributed by atoms with Crippen LogP contribution in [0.4, 0.5) is 0 Å². The molecule has 0 aliphatic heterocycles. The lowest BCUT2D eigenvalue weighted by atomic mass is 10.1. The van der Waals surface area contributed by atoms with Gasteiger partial charge in [0.25, 0.3) is 0 Å². The van der Waals surface area contributed by atoms with Gasteiger partial charge in [0.1, 0.15) is 6.10 Å². The number of Topliss-reactive ketones (excluding diaryl/α,β-unsaturated/α-hetero) is 1. The molecule has 2 heteroatoms. The van der Waals surface area contributed by atoms with Crippen LogP contribution in [0.1, 0.15) is 20.3 Å². The summed E-state index contributed by atoms with van der Waals surface area (Å²) in [6.07, 6.45) is 3.28. The van der Waals surface area contributed by atoms with Crippen LogP contribution in [-0.2, 0) is 4.79 Å². The average Bonchev–Trinajstić information content (AvgIpc) is 2.17. The fourth-order valence-corrected chi connectivity index (χ4v) is 1.27. The molecule has 1 N–H and O–H groups in total. The molecule has 0 radical (unpaired) electrons. The first-order chi connectivity index (χ1) is 5.16. The van der Waals surface area contributed by atoms with Crippen molar-refractivity contribution in [3.05, 3.63) is 23.3 Å². The highest BCUT2D eigenvalue weighted by Gasteiger charge is 2.26. The highest BCUT2D eigenvalue weighted by molar-refractivity contribution is 6.04. The van der Waals surface area contributed by atoms with Gasteiger partial charge < -0.3 is 5.11 Å². The first-order valence-corrected chi connectivity index (χ1v) is 3.71. The summed E-state index contributed by atoms with van der Waals surface area (Å²) >= 11 is 0. The molecule has 0 fully saturated rings. The second-order valence-corrected chi connectivity index (χ2v) is 2.78. The Kier molecular flexibility index (Phi) is 2.25. The third-order valence-corrected chi connectivity index (χ3v) is 1.86. The van der Waals surface area contributed by atoms with E-state index in [1.54, 1.807) is 6.08 Å². The molecule has 0 heterocycles. The van der Waals surface area contributed by atoms with E-state index in [4.69, 9.17) is 5.11 Å². The summed E-state index contributed by atoms with van der Waals surface area (Å²) in [5.41, 5.74) is 1.67. The summed E-state index contributed by atoms with van der Waals surface area (Å²) in [7, 11) is 0. The zero-order valence-electron chi connectivity index (χ0n) is 6.79. The second-order valence-electron chi connectivity index (χ2n) is 2.78. The van der Waals surface area contributed by atoms with Crippen LogP contribution in [0.15, 0.2) is 23.3 Å². The minimum atomic E-state index is -0.791. The molecule has 60 valence electrons. The Balaban J connectivity index is 2.91. The van der Waals surface area contributed by atoms with Crippen LogP contribution in [0, 0.1) is 0 Å². The van der Waals surface area contributed by atoms with E-state index in [-0.39, 0.29) is 5.78 Å². The third kappa shape index (κ3) is 1.40. The van der Waals surface area contributed by atoms with E-state index in [1.807, 2.05) is 19.9 Å². The normalized spacial score (nSPS) is 25.7. The Labute approximate surface area is 66.2 Å². The van der Waals surface area contributed by atoms with Crippen LogP contribution in [0.3, 0.4) is 0 Å². The van der Waals surface area contributed by atoms with Gasteiger partial charge in [-0.05, 0) is 13.8 Å². The minimum absolute atomic E-state index is 0.138. The van der Waals surface area contributed by atoms with Gasteiger partial charge in [-0.3, -0.25) is 4.79 Å². The van der Waals surface area contributed by atoms with E-state index >= 15 is 0 Å². The van der Waals surface area contributed by atoms with Crippen LogP contribution in [-0.4, -0.2) is 17.0 Å². The van der Waals surface area contributed by atoms with Crippen molar-refractivity contribution in [2.24, 2.45) is 0 Å². The summed E-state index contributed by atoms with van der Waals surface area (Å²) in [5, 5.41) is 9.14. The molecule has 11 heavy (non-hydrogen) atoms. The van der Waals surface area contributed by atoms with Crippen LogP contribution in [0.5, 0.6) is 0 Å². The number of hydrogen-bond acceptors (Lipinski definition) is 2. The van der Waals surface area contributed by atoms with Crippen LogP contribution in [0.2, 0.25) is 0 Å². The summed E-state index contributed by atoms with van der Waals surface area (Å²) in [6, 6.07) is 0. The fourth-order valence-electron chi connectivity index (χ4n) is 1.27. The maximum Gasteiger partial charge on any atom is 0.191 e. The van der Waals surface area contributed by atoms with Crippen LogP contribution >= 0.6 is 0 Å². The standard InChI is InChI=1S/C9H12O2/c1-3-4-7-6(2)5-8(10)9(7)11/h3-4,8,10H,5H2,1-2H3/b4-3+. The molecule has 0 aromatic heterocycles. The van der Waals surface area contributed by atoms with E-state index in [0.29, 0.717) is 12.0 Å². The predicted molar refractivity (Wildman–Crippen MR) is 43.1 cm³/mol. The van der Waals surface area contributed by atoms with Gasteiger partial charge in [-0.15, -0.1) is 0 Å². The van der Waals surface area contributed by atoms with E-state index < -0.39 is 6.10 Å². The lowest BCUT2D eigenvalue weighted by molar-refractivity contribution is -0.121. The van der Waals surface area contributed by atoms with Crippen LogP contribution < -0.4 is 0 Å². The first kappa shape index (κ1) is 8.21. The first-order valence-electron chi connectivity index (χ1n) is 3.71. The number of hydrogen-bond donors (Lipinski definition) is 1. The maximum absolute atomic E-state index is 11.1. The fraction of sp³-hybridized carbons (Fsp3) is 0.444. The minimum Gasteiger partial charge on any atom is -0.385 e. The quantitative estimate of drug-likeness (QED) is 0.613. The van der Waals surface area contributed by atoms with Gasteiger partial charge in [-0.1, -0.05) is 17.7 Å². The van der Waals surface area contributed by atoms with Crippen molar-refractivity contribution in [3.63, 3.8) is 0 Å². The molecule has 0 spiro atoms. The van der Waals surface area contributed by atoms with Crippen molar-refractivity contribution in [1.29, 1.82) is 0 Å². The number of carbonyl (C=O) groups excluding carboxylic acids is 1. The lowest BCUT2D eigenvalue weighted by Gasteiger charge is -1.95. The van der Waals surface area contributed by atoms with Crippen molar-refractivity contribution in [1.82, 2.24) is 0 Å². The molecular formula is C9H12O2. The molecular weight excluding hydrogens is 140 g/mol. The number of allylic oxidation sites excluding steroid dienone is 2. The molecule has 1 rings (SSSR count). The van der Waals surface area contributed by atoms with Gasteiger partial charge in [0, 0.05) is 12.0 Å². The van der Waals surface area contributed by atoms with Gasteiger partial charge in [0.05, 0.1) is 0 Å². The second kappa shape index (κ2) is 3.01. The highest BCUT2D eigenvalue weighted by Crippen LogP contribution is 2.23. The summed E-state index contributed by atoms with van der Waals surface area (Å²) < 4.78 is 0. The number of rotatable bonds is 1. The number of aliphatic hydroxyl groups excluding tert-OH is 1. The molecule has 2 nitrogen and oxygen atoms in total. The molecule has 1 unspecified atom stereocenters. The molecule has 1 atom stereocenters. The van der Waals surface area contributed by atoms with Gasteiger partial charge in [0.15, 0.2) is 5.78 Å². The SMILES string of the molecule is C/C=C/C1=C(C)CC(O)C1=O. The van der Waals surface area contributed by atoms with Gasteiger partial charge >= 0.3 is 0 Å². The Bertz CT molecular complexity index is 236. The van der Waals surface area contributed by atoms with Gasteiger partial charge in [0.2, 0.25) is 0 Å². The molecule has 0 saturated heterocycles. The topological polar surface area (TPSA) is 37.3 Å². The lowest BCUT2D eigenvalue weighted by Crippen LogP contribution is -2.14. The van der Waals surface area contributed by atoms with Gasteiger partial charge in [-0.2, -0.15) is 0 Å². The maximum atomic E-state index is 11.1. The van der Waals surface area contributed by atoms with Crippen molar-refractivity contribution >= 4 is 5.78 Å². The highest BCUT2D eigenvalue weighted by atomic mass is 16.3. The monoisotopic (exact) mass is 152 g/mol. The zero-order chi connectivity index (χ0) is 8.43. The summed E-state index contributed by atoms with van der Waals surface area (Å²) in [6.45, 7) is 3.74. The molecule has 1 aliphatic carbocycles. The zero-order valence-corrected chi connectivity index (χ0v) is 6.79. The Hall–Kier alpha value is -0.890. The van der Waals surface area contributed by atoms with E-state index in [0.717, 1.165) is 5.57 Å². The smallest absolute Gasteiger partial charge is 0.191 e. The molecule has 0 aromatic rings. The predicted octanol–water partition coefficient (Wildman–Crippen LogP) is 1.21. The van der Waals surface area contributed by atoms with Gasteiger partial charge in [-0.25, -0.2) is 0 Å². The summed E-state index contributed by atoms with van der Waals surface area (Å²) in [5.74, 6) is -0.138. The molecule has 0 saturated carbocycles. The molecule has 0 aromatic carbocycles. The largest absolute Gasteiger partial charge is 0.385 e. The van der Waals surface area contributed by atoms with E-state index in [2.05, 4.69) is 0 Å². The van der Waals surface area contributed by atoms with Crippen LogP contribution in [0.25, 0.3) is 0 Å². The molecule has 1 aliphatic rings. The Morgan fingerprint density at radius 1 is 1.64 bits per heavy atom. The molecule has 0 bridgehead atoms. The number of carbonyl (C=O) groups is 1. The number of aliphatic hydroxyl groups is 1. The molecule has 0 amide bonds. The van der Waals surface area contributed by atoms with Crippen molar-refractivity contribution in [2.75, 3.05) is 0 Å². The summed E-state index contributed by atoms with van der Waals surface area (Å²) in [4.78, 5) is 11.1. The average molecular weight is 152 g/mol. The van der Waals surface area contributed by atoms with Crippen molar-refractivity contribution < 1.29 is 9.90 Å².